The zero-order chi connectivity index (χ0) is 11.6. The van der Waals surface area contributed by atoms with E-state index in [1.165, 1.54) is 0 Å². The molecule has 0 heterocycles. The molecule has 0 aliphatic rings. The largest absolute Gasteiger partial charge is 0.547 e. The van der Waals surface area contributed by atoms with Crippen LogP contribution in [0.2, 0.25) is 18.1 Å². The first-order chi connectivity index (χ1) is 6.06. The van der Waals surface area contributed by atoms with Crippen LogP contribution in [-0.2, 0) is 9.22 Å². The van der Waals surface area contributed by atoms with Gasteiger partial charge in [0.15, 0.2) is 5.78 Å². The van der Waals surface area contributed by atoms with Crippen LogP contribution in [0.15, 0.2) is 11.8 Å². The lowest BCUT2D eigenvalue weighted by Crippen LogP contribution is -2.40. The molecule has 2 nitrogen and oxygen atoms in total. The average molecular weight is 214 g/mol. The zero-order valence-corrected chi connectivity index (χ0v) is 11.4. The van der Waals surface area contributed by atoms with Crippen LogP contribution in [0.4, 0.5) is 0 Å². The predicted molar refractivity (Wildman–Crippen MR) is 62.7 cm³/mol. The van der Waals surface area contributed by atoms with Crippen LogP contribution in [-0.4, -0.2) is 14.1 Å². The van der Waals surface area contributed by atoms with Gasteiger partial charge in [-0.25, -0.2) is 0 Å². The highest BCUT2D eigenvalue weighted by Gasteiger charge is 2.38. The molecule has 3 heteroatoms. The Bertz CT molecular complexity index is 247. The topological polar surface area (TPSA) is 26.3 Å². The molecule has 82 valence electrons. The van der Waals surface area contributed by atoms with Crippen LogP contribution in [0.1, 0.15) is 34.6 Å². The molecule has 0 amide bonds. The first kappa shape index (κ1) is 13.4. The van der Waals surface area contributed by atoms with Crippen LogP contribution < -0.4 is 0 Å². The third kappa shape index (κ3) is 4.09. The minimum Gasteiger partial charge on any atom is -0.547 e. The maximum atomic E-state index is 10.8. The lowest BCUT2D eigenvalue weighted by Gasteiger charge is -2.36. The van der Waals surface area contributed by atoms with Gasteiger partial charge in [-0.3, -0.25) is 4.79 Å². The molecule has 14 heavy (non-hydrogen) atoms. The molecule has 0 aromatic rings. The third-order valence-electron chi connectivity index (χ3n) is 2.63. The highest BCUT2D eigenvalue weighted by Crippen LogP contribution is 2.37. The van der Waals surface area contributed by atoms with Crippen LogP contribution in [0, 0.1) is 0 Å². The Morgan fingerprint density at radius 1 is 1.21 bits per heavy atom. The standard InChI is InChI=1S/C11H22O2Si/c1-9(12)8-10(2)13-14(6,7)11(3,4)5/h8H,1-7H3. The quantitative estimate of drug-likeness (QED) is 0.408. The van der Waals surface area contributed by atoms with Crippen molar-refractivity contribution in [2.45, 2.75) is 52.8 Å². The van der Waals surface area contributed by atoms with E-state index in [0.717, 1.165) is 5.76 Å². The number of rotatable bonds is 3. The zero-order valence-electron chi connectivity index (χ0n) is 10.4. The summed E-state index contributed by atoms with van der Waals surface area (Å²) in [6, 6.07) is 0. The van der Waals surface area contributed by atoms with Crippen LogP contribution in [0.3, 0.4) is 0 Å². The summed E-state index contributed by atoms with van der Waals surface area (Å²) < 4.78 is 5.89. The maximum Gasteiger partial charge on any atom is 0.250 e. The summed E-state index contributed by atoms with van der Waals surface area (Å²) >= 11 is 0. The van der Waals surface area contributed by atoms with Gasteiger partial charge in [-0.2, -0.15) is 0 Å². The van der Waals surface area contributed by atoms with Gasteiger partial charge in [0, 0.05) is 6.08 Å². The molecule has 0 bridgehead atoms. The van der Waals surface area contributed by atoms with Crippen LogP contribution in [0.25, 0.3) is 0 Å². The van der Waals surface area contributed by atoms with Crippen molar-refractivity contribution in [3.05, 3.63) is 11.8 Å². The van der Waals surface area contributed by atoms with Crippen molar-refractivity contribution in [3.63, 3.8) is 0 Å². The van der Waals surface area contributed by atoms with Gasteiger partial charge in [0.25, 0.3) is 0 Å². The van der Waals surface area contributed by atoms with E-state index in [1.54, 1.807) is 13.0 Å². The maximum absolute atomic E-state index is 10.8. The van der Waals surface area contributed by atoms with Crippen molar-refractivity contribution in [1.29, 1.82) is 0 Å². The number of carbonyl (C=O) groups is 1. The Morgan fingerprint density at radius 3 is 1.93 bits per heavy atom. The SMILES string of the molecule is CC(=O)C=C(C)O[Si](C)(C)C(C)(C)C. The molecule has 0 radical (unpaired) electrons. The van der Waals surface area contributed by atoms with Gasteiger partial charge >= 0.3 is 0 Å². The second-order valence-electron chi connectivity index (χ2n) is 5.23. The fraction of sp³-hybridized carbons (Fsp3) is 0.727. The van der Waals surface area contributed by atoms with Gasteiger partial charge in [0.1, 0.15) is 0 Å². The molecule has 0 atom stereocenters. The number of hydrogen-bond acceptors (Lipinski definition) is 2. The molecular formula is C11H22O2Si. The molecule has 0 rings (SSSR count). The molecule has 0 unspecified atom stereocenters. The first-order valence-corrected chi connectivity index (χ1v) is 7.85. The van der Waals surface area contributed by atoms with E-state index in [2.05, 4.69) is 33.9 Å². The Balaban J connectivity index is 4.60. The van der Waals surface area contributed by atoms with E-state index in [1.807, 2.05) is 6.92 Å². The van der Waals surface area contributed by atoms with Crippen molar-refractivity contribution < 1.29 is 9.22 Å². The first-order valence-electron chi connectivity index (χ1n) is 4.94. The highest BCUT2D eigenvalue weighted by molar-refractivity contribution is 6.74. The van der Waals surface area contributed by atoms with E-state index in [0.29, 0.717) is 0 Å². The Kier molecular flexibility index (Phi) is 4.12. The van der Waals surface area contributed by atoms with Gasteiger partial charge in [-0.05, 0) is 32.0 Å². The van der Waals surface area contributed by atoms with E-state index in [9.17, 15) is 4.79 Å². The Morgan fingerprint density at radius 2 is 1.64 bits per heavy atom. The molecule has 0 saturated carbocycles. The highest BCUT2D eigenvalue weighted by atomic mass is 28.4. The number of carbonyl (C=O) groups excluding carboxylic acids is 1. The van der Waals surface area contributed by atoms with Crippen molar-refractivity contribution in [2.24, 2.45) is 0 Å². The van der Waals surface area contributed by atoms with Gasteiger partial charge in [0.2, 0.25) is 8.32 Å². The smallest absolute Gasteiger partial charge is 0.250 e. The van der Waals surface area contributed by atoms with Crippen molar-refractivity contribution >= 4 is 14.1 Å². The van der Waals surface area contributed by atoms with Crippen LogP contribution in [0.5, 0.6) is 0 Å². The molecule has 0 aliphatic heterocycles. The summed E-state index contributed by atoms with van der Waals surface area (Å²) in [5.41, 5.74) is 0. The molecule has 0 aromatic carbocycles. The minimum absolute atomic E-state index is 0.0428. The van der Waals surface area contributed by atoms with Gasteiger partial charge in [-0.1, -0.05) is 20.8 Å². The molecular weight excluding hydrogens is 192 g/mol. The minimum atomic E-state index is -1.76. The van der Waals surface area contributed by atoms with Crippen molar-refractivity contribution in [1.82, 2.24) is 0 Å². The second kappa shape index (κ2) is 4.30. The molecule has 0 spiro atoms. The predicted octanol–water partition coefficient (Wildman–Crippen LogP) is 3.50. The molecule has 0 saturated heterocycles. The number of ketones is 1. The number of allylic oxidation sites excluding steroid dienone is 2. The number of hydrogen-bond donors (Lipinski definition) is 0. The van der Waals surface area contributed by atoms with Crippen LogP contribution >= 0.6 is 0 Å². The summed E-state index contributed by atoms with van der Waals surface area (Å²) in [6.45, 7) is 14.3. The third-order valence-corrected chi connectivity index (χ3v) is 7.07. The Labute approximate surface area is 88.5 Å². The molecule has 0 aliphatic carbocycles. The fourth-order valence-electron chi connectivity index (χ4n) is 0.871. The molecule has 0 fully saturated rings. The monoisotopic (exact) mass is 214 g/mol. The lowest BCUT2D eigenvalue weighted by molar-refractivity contribution is -0.112. The van der Waals surface area contributed by atoms with E-state index < -0.39 is 8.32 Å². The van der Waals surface area contributed by atoms with E-state index in [4.69, 9.17) is 4.43 Å². The van der Waals surface area contributed by atoms with E-state index >= 15 is 0 Å². The average Bonchev–Trinajstić information content (AvgIpc) is 1.79. The summed E-state index contributed by atoms with van der Waals surface area (Å²) in [6.07, 6.45) is 1.56. The summed E-state index contributed by atoms with van der Waals surface area (Å²) in [4.78, 5) is 10.8. The normalized spacial score (nSPS) is 14.1. The van der Waals surface area contributed by atoms with E-state index in [-0.39, 0.29) is 10.8 Å². The molecule has 0 aromatic heterocycles. The fourth-order valence-corrected chi connectivity index (χ4v) is 2.04. The van der Waals surface area contributed by atoms with Gasteiger partial charge in [-0.15, -0.1) is 0 Å². The Hall–Kier alpha value is -0.573. The summed E-state index contributed by atoms with van der Waals surface area (Å²) in [5, 5.41) is 0.179. The van der Waals surface area contributed by atoms with Gasteiger partial charge in [0.05, 0.1) is 5.76 Å². The lowest BCUT2D eigenvalue weighted by atomic mass is 10.2. The van der Waals surface area contributed by atoms with Crippen molar-refractivity contribution in [2.75, 3.05) is 0 Å². The molecule has 0 N–H and O–H groups in total. The van der Waals surface area contributed by atoms with Gasteiger partial charge < -0.3 is 4.43 Å². The van der Waals surface area contributed by atoms with Crippen molar-refractivity contribution in [3.8, 4) is 0 Å². The second-order valence-corrected chi connectivity index (χ2v) is 9.95. The summed E-state index contributed by atoms with van der Waals surface area (Å²) in [5.74, 6) is 0.783. The summed E-state index contributed by atoms with van der Waals surface area (Å²) in [7, 11) is -1.76.